The van der Waals surface area contributed by atoms with Crippen LogP contribution in [0.1, 0.15) is 44.3 Å². The molecule has 1 aromatic carbocycles. The van der Waals surface area contributed by atoms with Gasteiger partial charge in [0.1, 0.15) is 0 Å². The molecule has 0 aromatic heterocycles. The van der Waals surface area contributed by atoms with Gasteiger partial charge in [0, 0.05) is 24.2 Å². The van der Waals surface area contributed by atoms with Gasteiger partial charge in [-0.1, -0.05) is 12.8 Å². The summed E-state index contributed by atoms with van der Waals surface area (Å²) in [5.41, 5.74) is 0.883. The van der Waals surface area contributed by atoms with Crippen LogP contribution in [0.5, 0.6) is 0 Å². The van der Waals surface area contributed by atoms with Crippen LogP contribution in [0.15, 0.2) is 24.3 Å². The fourth-order valence-corrected chi connectivity index (χ4v) is 2.61. The Morgan fingerprint density at radius 3 is 2.47 bits per heavy atom. The van der Waals surface area contributed by atoms with Gasteiger partial charge in [-0.15, -0.1) is 0 Å². The molecule has 2 N–H and O–H groups in total. The molecule has 5 heteroatoms. The number of hydrogen-bond donors (Lipinski definition) is 2. The van der Waals surface area contributed by atoms with Crippen molar-refractivity contribution < 1.29 is 10.0 Å². The molecule has 1 aliphatic carbocycles. The summed E-state index contributed by atoms with van der Waals surface area (Å²) in [6, 6.07) is 6.08. The van der Waals surface area contributed by atoms with E-state index >= 15 is 0 Å². The number of nitrogens with one attached hydrogen (secondary N) is 1. The first-order valence-corrected chi connectivity index (χ1v) is 6.68. The summed E-state index contributed by atoms with van der Waals surface area (Å²) in [4.78, 5) is 10.1. The molecule has 1 atom stereocenters. The van der Waals surface area contributed by atoms with Gasteiger partial charge >= 0.3 is 0 Å². The first-order valence-electron chi connectivity index (χ1n) is 6.68. The molecule has 104 valence electrons. The van der Waals surface area contributed by atoms with Gasteiger partial charge < -0.3 is 10.4 Å². The number of hydrogen-bond acceptors (Lipinski definition) is 4. The van der Waals surface area contributed by atoms with Gasteiger partial charge in [-0.3, -0.25) is 10.1 Å². The Hall–Kier alpha value is -1.46. The molecule has 1 fully saturated rings. The van der Waals surface area contributed by atoms with Gasteiger partial charge in [-0.2, -0.15) is 0 Å². The third-order valence-electron chi connectivity index (χ3n) is 3.92. The number of rotatable bonds is 5. The van der Waals surface area contributed by atoms with Crippen molar-refractivity contribution in [2.24, 2.45) is 0 Å². The lowest BCUT2D eigenvalue weighted by Crippen LogP contribution is -2.41. The minimum atomic E-state index is -0.627. The molecule has 5 nitrogen and oxygen atoms in total. The summed E-state index contributed by atoms with van der Waals surface area (Å²) >= 11 is 0. The van der Waals surface area contributed by atoms with Crippen LogP contribution in [0, 0.1) is 10.1 Å². The molecule has 2 rings (SSSR count). The maximum atomic E-state index is 10.6. The van der Waals surface area contributed by atoms with Crippen LogP contribution in [0.25, 0.3) is 0 Å². The van der Waals surface area contributed by atoms with Crippen molar-refractivity contribution >= 4 is 5.69 Å². The van der Waals surface area contributed by atoms with E-state index in [9.17, 15) is 15.2 Å². The highest BCUT2D eigenvalue weighted by Gasteiger charge is 2.28. The van der Waals surface area contributed by atoms with Crippen LogP contribution < -0.4 is 5.32 Å². The number of non-ortho nitro benzene ring substituents is 1. The molecule has 1 saturated carbocycles. The average molecular weight is 264 g/mol. The molecule has 0 amide bonds. The molecule has 1 aliphatic rings. The molecule has 1 aromatic rings. The standard InChI is InChI=1S/C14H20N2O3/c1-14(8-2-3-9-14)15-10-13(17)11-4-6-12(7-5-11)16(18)19/h4-7,13,15,17H,2-3,8-10H2,1H3. The highest BCUT2D eigenvalue weighted by molar-refractivity contribution is 5.33. The van der Waals surface area contributed by atoms with E-state index in [1.54, 1.807) is 12.1 Å². The lowest BCUT2D eigenvalue weighted by Gasteiger charge is -2.27. The summed E-state index contributed by atoms with van der Waals surface area (Å²) < 4.78 is 0. The van der Waals surface area contributed by atoms with Crippen LogP contribution >= 0.6 is 0 Å². The number of β-amino-alcohol motifs (C(OH)–C–C–N with tert-alkyl or cyclic N) is 1. The first-order chi connectivity index (χ1) is 9.00. The third kappa shape index (κ3) is 3.52. The Kier molecular flexibility index (Phi) is 4.17. The minimum absolute atomic E-state index is 0.0478. The summed E-state index contributed by atoms with van der Waals surface area (Å²) in [6.45, 7) is 2.66. The van der Waals surface area contributed by atoms with Crippen molar-refractivity contribution in [3.63, 3.8) is 0 Å². The molecule has 0 radical (unpaired) electrons. The zero-order chi connectivity index (χ0) is 13.9. The predicted octanol–water partition coefficient (Wildman–Crippen LogP) is 2.55. The van der Waals surface area contributed by atoms with E-state index in [0.717, 1.165) is 12.8 Å². The van der Waals surface area contributed by atoms with E-state index in [2.05, 4.69) is 12.2 Å². The number of nitrogens with zero attached hydrogens (tertiary/aromatic N) is 1. The molecule has 0 aliphatic heterocycles. The normalized spacial score (nSPS) is 19.3. The van der Waals surface area contributed by atoms with Crippen molar-refractivity contribution in [2.75, 3.05) is 6.54 Å². The van der Waals surface area contributed by atoms with Gasteiger partial charge in [0.2, 0.25) is 0 Å². The number of nitro groups is 1. The van der Waals surface area contributed by atoms with Crippen molar-refractivity contribution in [1.82, 2.24) is 5.32 Å². The number of aliphatic hydroxyl groups is 1. The average Bonchev–Trinajstić information content (AvgIpc) is 2.83. The maximum absolute atomic E-state index is 10.6. The van der Waals surface area contributed by atoms with Crippen molar-refractivity contribution in [3.8, 4) is 0 Å². The maximum Gasteiger partial charge on any atom is 0.269 e. The van der Waals surface area contributed by atoms with Crippen LogP contribution in [0.2, 0.25) is 0 Å². The topological polar surface area (TPSA) is 75.4 Å². The van der Waals surface area contributed by atoms with Crippen molar-refractivity contribution in [1.29, 1.82) is 0 Å². The van der Waals surface area contributed by atoms with E-state index in [0.29, 0.717) is 12.1 Å². The molecular weight excluding hydrogens is 244 g/mol. The number of benzene rings is 1. The SMILES string of the molecule is CC1(NCC(O)c2ccc([N+](=O)[O-])cc2)CCCC1. The van der Waals surface area contributed by atoms with Crippen LogP contribution in [-0.2, 0) is 0 Å². The highest BCUT2D eigenvalue weighted by atomic mass is 16.6. The van der Waals surface area contributed by atoms with Crippen molar-refractivity contribution in [3.05, 3.63) is 39.9 Å². The van der Waals surface area contributed by atoms with Gasteiger partial charge in [0.05, 0.1) is 11.0 Å². The number of aliphatic hydroxyl groups excluding tert-OH is 1. The second-order valence-corrected chi connectivity index (χ2v) is 5.51. The Balaban J connectivity index is 1.92. The summed E-state index contributed by atoms with van der Waals surface area (Å²) in [6.07, 6.45) is 4.12. The van der Waals surface area contributed by atoms with Gasteiger partial charge in [-0.25, -0.2) is 0 Å². The lowest BCUT2D eigenvalue weighted by atomic mass is 10.00. The van der Waals surface area contributed by atoms with E-state index in [1.807, 2.05) is 0 Å². The molecule has 0 saturated heterocycles. The Morgan fingerprint density at radius 2 is 1.95 bits per heavy atom. The second-order valence-electron chi connectivity index (χ2n) is 5.51. The molecule has 1 unspecified atom stereocenters. The van der Waals surface area contributed by atoms with Crippen molar-refractivity contribution in [2.45, 2.75) is 44.2 Å². The fraction of sp³-hybridized carbons (Fsp3) is 0.571. The monoisotopic (exact) mass is 264 g/mol. The van der Waals surface area contributed by atoms with Gasteiger partial charge in [0.25, 0.3) is 5.69 Å². The zero-order valence-corrected chi connectivity index (χ0v) is 11.1. The van der Waals surface area contributed by atoms with Gasteiger partial charge in [0.15, 0.2) is 0 Å². The Morgan fingerprint density at radius 1 is 1.37 bits per heavy atom. The fourth-order valence-electron chi connectivity index (χ4n) is 2.61. The van der Waals surface area contributed by atoms with Crippen LogP contribution in [-0.4, -0.2) is 22.1 Å². The minimum Gasteiger partial charge on any atom is -0.387 e. The molecular formula is C14H20N2O3. The first kappa shape index (κ1) is 14.0. The Labute approximate surface area is 112 Å². The molecule has 19 heavy (non-hydrogen) atoms. The van der Waals surface area contributed by atoms with Gasteiger partial charge in [-0.05, 0) is 37.5 Å². The lowest BCUT2D eigenvalue weighted by molar-refractivity contribution is -0.384. The second kappa shape index (κ2) is 5.67. The quantitative estimate of drug-likeness (QED) is 0.633. The summed E-state index contributed by atoms with van der Waals surface area (Å²) in [5, 5.41) is 24.1. The molecule has 0 bridgehead atoms. The van der Waals surface area contributed by atoms with Crippen LogP contribution in [0.4, 0.5) is 5.69 Å². The van der Waals surface area contributed by atoms with E-state index in [1.165, 1.54) is 25.0 Å². The summed E-state index contributed by atoms with van der Waals surface area (Å²) in [7, 11) is 0. The van der Waals surface area contributed by atoms with E-state index in [4.69, 9.17) is 0 Å². The highest BCUT2D eigenvalue weighted by Crippen LogP contribution is 2.29. The summed E-state index contributed by atoms with van der Waals surface area (Å²) in [5.74, 6) is 0. The van der Waals surface area contributed by atoms with E-state index in [-0.39, 0.29) is 11.2 Å². The Bertz CT molecular complexity index is 439. The zero-order valence-electron chi connectivity index (χ0n) is 11.1. The van der Waals surface area contributed by atoms with E-state index < -0.39 is 11.0 Å². The number of nitro benzene ring substituents is 1. The largest absolute Gasteiger partial charge is 0.387 e. The third-order valence-corrected chi connectivity index (χ3v) is 3.92. The smallest absolute Gasteiger partial charge is 0.269 e. The molecule has 0 heterocycles. The predicted molar refractivity (Wildman–Crippen MR) is 72.9 cm³/mol. The molecule has 0 spiro atoms. The van der Waals surface area contributed by atoms with Crippen LogP contribution in [0.3, 0.4) is 0 Å².